The zero-order valence-electron chi connectivity index (χ0n) is 5.27. The zero-order valence-corrected chi connectivity index (χ0v) is 7.44. The first kappa shape index (κ1) is 11.6. The van der Waals surface area contributed by atoms with E-state index in [9.17, 15) is 22.0 Å². The third-order valence-corrected chi connectivity index (χ3v) is 1.06. The van der Waals surface area contributed by atoms with E-state index < -0.39 is 29.1 Å². The van der Waals surface area contributed by atoms with Gasteiger partial charge in [-0.15, -0.1) is 0 Å². The van der Waals surface area contributed by atoms with Crippen LogP contribution in [0.5, 0.6) is 0 Å². The van der Waals surface area contributed by atoms with Crippen LogP contribution in [0.2, 0.25) is 0 Å². The first-order valence-electron chi connectivity index (χ1n) is 2.52. The fraction of sp³-hybridized carbons (Fsp3) is 0. The molecule has 0 spiro atoms. The second-order valence-electron chi connectivity index (χ2n) is 1.78. The Morgan fingerprint density at radius 1 is 0.667 bits per heavy atom. The largest absolute Gasteiger partial charge is 0.204 e. The summed E-state index contributed by atoms with van der Waals surface area (Å²) in [5.41, 5.74) is 0. The van der Waals surface area contributed by atoms with Crippen LogP contribution in [0.15, 0.2) is 6.07 Å². The van der Waals surface area contributed by atoms with Gasteiger partial charge in [0.15, 0.2) is 23.3 Å². The molecule has 0 nitrogen and oxygen atoms in total. The van der Waals surface area contributed by atoms with Crippen molar-refractivity contribution in [3.05, 3.63) is 35.2 Å². The third kappa shape index (κ3) is 1.85. The number of hydrogen-bond donors (Lipinski definition) is 0. The molecule has 6 heteroatoms. The molecule has 0 aromatic heterocycles. The van der Waals surface area contributed by atoms with E-state index in [4.69, 9.17) is 0 Å². The predicted molar refractivity (Wildman–Crippen MR) is 26.2 cm³/mol. The number of hydrogen-bond acceptors (Lipinski definition) is 0. The van der Waals surface area contributed by atoms with E-state index in [-0.39, 0.29) is 28.4 Å². The fourth-order valence-corrected chi connectivity index (χ4v) is 0.544. The summed E-state index contributed by atoms with van der Waals surface area (Å²) in [6.45, 7) is 0. The molecule has 0 aliphatic heterocycles. The summed E-state index contributed by atoms with van der Waals surface area (Å²) < 4.78 is 60.0. The van der Waals surface area contributed by atoms with Crippen molar-refractivity contribution >= 4 is 0 Å². The van der Waals surface area contributed by atoms with Gasteiger partial charge in [0.25, 0.3) is 0 Å². The Kier molecular flexibility index (Phi) is 3.89. The van der Waals surface area contributed by atoms with Crippen molar-refractivity contribution < 1.29 is 44.3 Å². The van der Waals surface area contributed by atoms with Crippen LogP contribution in [0.1, 0.15) is 0 Å². The topological polar surface area (TPSA) is 0 Å². The smallest absolute Gasteiger partial charge is 0.200 e. The van der Waals surface area contributed by atoms with Gasteiger partial charge in [-0.25, -0.2) is 22.0 Å². The van der Waals surface area contributed by atoms with Gasteiger partial charge >= 0.3 is 0 Å². The van der Waals surface area contributed by atoms with Crippen LogP contribution in [0, 0.1) is 29.1 Å². The minimum absolute atomic E-state index is 0. The van der Waals surface area contributed by atoms with Gasteiger partial charge in [-0.1, -0.05) is 0 Å². The number of rotatable bonds is 0. The Morgan fingerprint density at radius 2 is 1.00 bits per heavy atom. The minimum atomic E-state index is -2.14. The van der Waals surface area contributed by atoms with Gasteiger partial charge in [-0.3, -0.25) is 0 Å². The maximum Gasteiger partial charge on any atom is 0.200 e. The molecule has 12 heavy (non-hydrogen) atoms. The van der Waals surface area contributed by atoms with E-state index in [0.29, 0.717) is 0 Å². The van der Waals surface area contributed by atoms with Gasteiger partial charge in [-0.05, 0) is 0 Å². The molecule has 0 bridgehead atoms. The standard InChI is InChI=1S/C6HF5.Au/c7-2-1-3(8)5(10)6(11)4(2)9;/h1H;. The third-order valence-electron chi connectivity index (χ3n) is 1.06. The summed E-state index contributed by atoms with van der Waals surface area (Å²) in [6.07, 6.45) is 0. The first-order chi connectivity index (χ1) is 5.04. The second-order valence-corrected chi connectivity index (χ2v) is 1.78. The van der Waals surface area contributed by atoms with Gasteiger partial charge in [0.05, 0.1) is 0 Å². The Morgan fingerprint density at radius 3 is 1.33 bits per heavy atom. The molecular formula is C6HAuF5. The Hall–Kier alpha value is -0.390. The molecule has 0 fully saturated rings. The summed E-state index contributed by atoms with van der Waals surface area (Å²) in [7, 11) is 0. The summed E-state index contributed by atoms with van der Waals surface area (Å²) in [5.74, 6) is -9.65. The van der Waals surface area contributed by atoms with Crippen molar-refractivity contribution in [2.45, 2.75) is 0 Å². The molecule has 0 N–H and O–H groups in total. The van der Waals surface area contributed by atoms with Gasteiger partial charge in [0.2, 0.25) is 5.82 Å². The van der Waals surface area contributed by atoms with Crippen LogP contribution >= 0.6 is 0 Å². The van der Waals surface area contributed by atoms with Crippen LogP contribution in [0.3, 0.4) is 0 Å². The molecule has 0 heterocycles. The number of halogens is 5. The van der Waals surface area contributed by atoms with E-state index in [0.717, 1.165) is 0 Å². The van der Waals surface area contributed by atoms with E-state index >= 15 is 0 Å². The van der Waals surface area contributed by atoms with Crippen LogP contribution in [0.25, 0.3) is 0 Å². The van der Waals surface area contributed by atoms with Crippen LogP contribution in [-0.4, -0.2) is 0 Å². The average Bonchev–Trinajstić information content (AvgIpc) is 1.97. The summed E-state index contributed by atoms with van der Waals surface area (Å²) in [4.78, 5) is 0. The molecule has 0 unspecified atom stereocenters. The monoisotopic (exact) mass is 365 g/mol. The molecule has 0 aliphatic carbocycles. The Labute approximate surface area is 79.9 Å². The molecule has 0 saturated heterocycles. The van der Waals surface area contributed by atoms with E-state index in [1.807, 2.05) is 0 Å². The molecule has 0 saturated carbocycles. The van der Waals surface area contributed by atoms with Crippen molar-refractivity contribution in [2.24, 2.45) is 0 Å². The number of benzene rings is 1. The molecule has 1 rings (SSSR count). The van der Waals surface area contributed by atoms with Gasteiger partial charge < -0.3 is 0 Å². The first-order valence-corrected chi connectivity index (χ1v) is 2.52. The summed E-state index contributed by atoms with van der Waals surface area (Å²) in [5, 5.41) is 0. The van der Waals surface area contributed by atoms with E-state index in [1.165, 1.54) is 0 Å². The second kappa shape index (κ2) is 4.02. The van der Waals surface area contributed by atoms with Crippen LogP contribution < -0.4 is 0 Å². The van der Waals surface area contributed by atoms with E-state index in [1.54, 1.807) is 0 Å². The van der Waals surface area contributed by atoms with Crippen molar-refractivity contribution in [3.63, 3.8) is 0 Å². The Bertz CT molecular complexity index is 272. The van der Waals surface area contributed by atoms with Gasteiger partial charge in [-0.2, -0.15) is 0 Å². The maximum atomic E-state index is 12.0. The normalized spacial score (nSPS) is 9.42. The van der Waals surface area contributed by atoms with Crippen LogP contribution in [-0.2, 0) is 22.4 Å². The SMILES string of the molecule is Fc1cc(F)c(F)c(F)c1F.[Au]. The fourth-order valence-electron chi connectivity index (χ4n) is 0.544. The molecule has 1 aromatic carbocycles. The zero-order chi connectivity index (χ0) is 8.59. The molecule has 1 aromatic rings. The minimum Gasteiger partial charge on any atom is -0.204 e. The Balaban J connectivity index is 0.00000121. The van der Waals surface area contributed by atoms with Crippen molar-refractivity contribution in [3.8, 4) is 0 Å². The summed E-state index contributed by atoms with van der Waals surface area (Å²) in [6, 6.07) is -0.0618. The molecule has 0 amide bonds. The quantitative estimate of drug-likeness (QED) is 0.287. The molecule has 71 valence electrons. The molecule has 0 aliphatic rings. The van der Waals surface area contributed by atoms with Crippen molar-refractivity contribution in [1.82, 2.24) is 0 Å². The molecular weight excluding hydrogens is 364 g/mol. The van der Waals surface area contributed by atoms with Gasteiger partial charge in [0.1, 0.15) is 0 Å². The van der Waals surface area contributed by atoms with Crippen molar-refractivity contribution in [1.29, 1.82) is 0 Å². The van der Waals surface area contributed by atoms with Gasteiger partial charge in [0, 0.05) is 28.4 Å². The molecule has 0 atom stereocenters. The predicted octanol–water partition coefficient (Wildman–Crippen LogP) is 2.38. The maximum absolute atomic E-state index is 12.0. The molecule has 1 radical (unpaired) electrons. The van der Waals surface area contributed by atoms with Crippen molar-refractivity contribution in [2.75, 3.05) is 0 Å². The van der Waals surface area contributed by atoms with Crippen LogP contribution in [0.4, 0.5) is 22.0 Å². The average molecular weight is 365 g/mol. The summed E-state index contributed by atoms with van der Waals surface area (Å²) >= 11 is 0. The van der Waals surface area contributed by atoms with E-state index in [2.05, 4.69) is 0 Å².